The predicted molar refractivity (Wildman–Crippen MR) is 296 cm³/mol. The van der Waals surface area contributed by atoms with E-state index in [1.165, 1.54) is 6.07 Å². The third-order valence-corrected chi connectivity index (χ3v) is 14.4. The number of nitriles is 6. The van der Waals surface area contributed by atoms with Crippen molar-refractivity contribution in [3.63, 3.8) is 0 Å². The van der Waals surface area contributed by atoms with Gasteiger partial charge in [0.1, 0.15) is 11.6 Å². The van der Waals surface area contributed by atoms with Crippen LogP contribution in [0.15, 0.2) is 200 Å². The summed E-state index contributed by atoms with van der Waals surface area (Å²) in [6, 6.07) is 73.0. The number of alkyl halides is 3. The monoisotopic (exact) mass is 1010 g/mol. The molecule has 11 heteroatoms. The Morgan fingerprint density at radius 3 is 0.872 bits per heavy atom. The highest BCUT2D eigenvalue weighted by Gasteiger charge is 2.32. The van der Waals surface area contributed by atoms with E-state index in [1.54, 1.807) is 60.7 Å². The SMILES string of the molecule is N#Cc1ccc(-c2ccc3c(c2)c2cc(-c4ccc(C#N)cc4)ccc2n3-c2cc(-c3ccc(C(F)(F)F)cc3C#N)cc(-n3c4ccc(-c5ccc(C#N)cc5)cc4c4cc(-c5ccc(C#N)cc5)ccc43)c2C#N)cc1. The normalized spacial score (nSPS) is 11.2. The number of benzene rings is 10. The van der Waals surface area contributed by atoms with Crippen molar-refractivity contribution < 1.29 is 13.2 Å². The standard InChI is InChI=1S/C67H33F3N8/c68-67(69,70)54-21-22-55(53(27-54)38-75)52-32-65(77-61-23-17-48(44-9-1-40(34-71)2-10-44)28-56(61)57-29-49(18-24-62(57)77)45-11-3-41(35-72)4-12-45)60(39-76)66(33-52)78-63-25-19-50(46-13-5-42(36-73)6-14-46)30-58(63)59-31-51(20-26-64(59)78)47-15-7-43(37-74)8-16-47/h1-33H. The number of rotatable bonds is 7. The van der Waals surface area contributed by atoms with Crippen molar-refractivity contribution in [2.45, 2.75) is 6.18 Å². The van der Waals surface area contributed by atoms with Gasteiger partial charge >= 0.3 is 6.18 Å². The first-order chi connectivity index (χ1) is 38.0. The highest BCUT2D eigenvalue weighted by atomic mass is 19.4. The molecule has 0 N–H and O–H groups in total. The van der Waals surface area contributed by atoms with E-state index >= 15 is 0 Å². The van der Waals surface area contributed by atoms with Gasteiger partial charge in [-0.05, 0) is 177 Å². The summed E-state index contributed by atoms with van der Waals surface area (Å²) < 4.78 is 46.9. The molecular formula is C67H33F3N8. The molecular weight excluding hydrogens is 974 g/mol. The molecule has 0 radical (unpaired) electrons. The van der Waals surface area contributed by atoms with Crippen LogP contribution in [0.1, 0.15) is 38.9 Å². The van der Waals surface area contributed by atoms with Crippen molar-refractivity contribution in [2.24, 2.45) is 0 Å². The Balaban J connectivity index is 1.18. The molecule has 0 saturated heterocycles. The molecule has 0 fully saturated rings. The molecule has 0 aliphatic heterocycles. The molecule has 2 heterocycles. The molecule has 12 aromatic rings. The van der Waals surface area contributed by atoms with Crippen LogP contribution in [0.3, 0.4) is 0 Å². The van der Waals surface area contributed by atoms with E-state index in [2.05, 4.69) is 54.6 Å². The molecule has 12 rings (SSSR count). The van der Waals surface area contributed by atoms with Crippen LogP contribution in [-0.2, 0) is 6.18 Å². The largest absolute Gasteiger partial charge is 0.416 e. The summed E-state index contributed by atoms with van der Waals surface area (Å²) in [6.45, 7) is 0. The predicted octanol–water partition coefficient (Wildman–Crippen LogP) is 16.5. The highest BCUT2D eigenvalue weighted by molar-refractivity contribution is 6.14. The molecule has 0 aliphatic rings. The lowest BCUT2D eigenvalue weighted by atomic mass is 9.95. The number of hydrogen-bond acceptors (Lipinski definition) is 6. The molecule has 0 saturated carbocycles. The Bertz CT molecular complexity index is 4260. The van der Waals surface area contributed by atoms with E-state index in [-0.39, 0.29) is 16.7 Å². The minimum Gasteiger partial charge on any atom is -0.308 e. The van der Waals surface area contributed by atoms with Gasteiger partial charge in [0.15, 0.2) is 0 Å². The first kappa shape index (κ1) is 47.5. The zero-order valence-electron chi connectivity index (χ0n) is 40.8. The van der Waals surface area contributed by atoms with Crippen molar-refractivity contribution in [1.82, 2.24) is 9.13 Å². The van der Waals surface area contributed by atoms with Gasteiger partial charge in [-0.25, -0.2) is 0 Å². The fourth-order valence-corrected chi connectivity index (χ4v) is 10.5. The molecule has 0 amide bonds. The zero-order valence-corrected chi connectivity index (χ0v) is 40.8. The van der Waals surface area contributed by atoms with Crippen LogP contribution in [0.4, 0.5) is 13.2 Å². The third-order valence-electron chi connectivity index (χ3n) is 14.4. The summed E-state index contributed by atoms with van der Waals surface area (Å²) in [7, 11) is 0. The fourth-order valence-electron chi connectivity index (χ4n) is 10.5. The van der Waals surface area contributed by atoms with E-state index in [4.69, 9.17) is 0 Å². The smallest absolute Gasteiger partial charge is 0.308 e. The molecule has 0 aliphatic carbocycles. The molecule has 2 aromatic heterocycles. The maximum Gasteiger partial charge on any atom is 0.416 e. The number of aromatic nitrogens is 2. The molecule has 8 nitrogen and oxygen atoms in total. The van der Waals surface area contributed by atoms with E-state index in [0.717, 1.165) is 78.2 Å². The van der Waals surface area contributed by atoms with Crippen molar-refractivity contribution in [3.8, 4) is 103 Å². The van der Waals surface area contributed by atoms with Crippen molar-refractivity contribution in [3.05, 3.63) is 239 Å². The summed E-state index contributed by atoms with van der Waals surface area (Å²) in [4.78, 5) is 0. The fraction of sp³-hybridized carbons (Fsp3) is 0.0149. The lowest BCUT2D eigenvalue weighted by Crippen LogP contribution is -2.07. The minimum absolute atomic E-state index is 0.214. The third kappa shape index (κ3) is 8.08. The second-order valence-corrected chi connectivity index (χ2v) is 18.7. The molecule has 0 atom stereocenters. The molecule has 0 unspecified atom stereocenters. The Hall–Kier alpha value is -11.5. The number of hydrogen-bond donors (Lipinski definition) is 0. The van der Waals surface area contributed by atoms with Crippen molar-refractivity contribution >= 4 is 43.6 Å². The van der Waals surface area contributed by atoms with Crippen LogP contribution in [0.25, 0.3) is 111 Å². The first-order valence-electron chi connectivity index (χ1n) is 24.4. The minimum atomic E-state index is -4.72. The summed E-state index contributed by atoms with van der Waals surface area (Å²) in [5.74, 6) is 0. The molecule has 10 aromatic carbocycles. The maximum absolute atomic E-state index is 14.3. The second-order valence-electron chi connectivity index (χ2n) is 18.7. The van der Waals surface area contributed by atoms with Gasteiger partial charge in [0.2, 0.25) is 0 Å². The van der Waals surface area contributed by atoms with E-state index in [9.17, 15) is 44.7 Å². The van der Waals surface area contributed by atoms with Crippen molar-refractivity contribution in [2.75, 3.05) is 0 Å². The topological polar surface area (TPSA) is 153 Å². The lowest BCUT2D eigenvalue weighted by molar-refractivity contribution is -0.137. The lowest BCUT2D eigenvalue weighted by Gasteiger charge is -2.19. The van der Waals surface area contributed by atoms with Crippen molar-refractivity contribution in [1.29, 1.82) is 31.6 Å². The van der Waals surface area contributed by atoms with Gasteiger partial charge in [-0.15, -0.1) is 0 Å². The molecule has 0 spiro atoms. The maximum atomic E-state index is 14.3. The Morgan fingerprint density at radius 1 is 0.295 bits per heavy atom. The van der Waals surface area contributed by atoms with Crippen LogP contribution in [0, 0.1) is 68.0 Å². The quantitative estimate of drug-likeness (QED) is 0.155. The van der Waals surface area contributed by atoms with Gasteiger partial charge in [-0.2, -0.15) is 44.7 Å². The summed E-state index contributed by atoms with van der Waals surface area (Å²) in [6.07, 6.45) is -4.72. The number of fused-ring (bicyclic) bond motifs is 6. The summed E-state index contributed by atoms with van der Waals surface area (Å²) in [5.41, 5.74) is 12.2. The average Bonchev–Trinajstić information content (AvgIpc) is 4.10. The Labute approximate surface area is 444 Å². The summed E-state index contributed by atoms with van der Waals surface area (Å²) in [5, 5.41) is 63.9. The van der Waals surface area contributed by atoms with E-state index in [1.807, 2.05) is 112 Å². The second kappa shape index (κ2) is 18.8. The van der Waals surface area contributed by atoms with Gasteiger partial charge in [-0.1, -0.05) is 78.9 Å². The Kier molecular flexibility index (Phi) is 11.4. The van der Waals surface area contributed by atoms with Gasteiger partial charge < -0.3 is 9.13 Å². The summed E-state index contributed by atoms with van der Waals surface area (Å²) >= 11 is 0. The van der Waals surface area contributed by atoms with Crippen LogP contribution in [0.2, 0.25) is 0 Å². The van der Waals surface area contributed by atoms with Crippen LogP contribution in [-0.4, -0.2) is 9.13 Å². The highest BCUT2D eigenvalue weighted by Crippen LogP contribution is 2.44. The molecule has 0 bridgehead atoms. The van der Waals surface area contributed by atoms with E-state index < -0.39 is 11.7 Å². The van der Waals surface area contributed by atoms with Gasteiger partial charge in [0, 0.05) is 21.5 Å². The molecule has 78 heavy (non-hydrogen) atoms. The Morgan fingerprint density at radius 2 is 0.603 bits per heavy atom. The van der Waals surface area contributed by atoms with Crippen LogP contribution in [0.5, 0.6) is 0 Å². The van der Waals surface area contributed by atoms with Gasteiger partial charge in [-0.3, -0.25) is 0 Å². The zero-order chi connectivity index (χ0) is 53.8. The number of nitrogens with zero attached hydrogens (tertiary/aromatic N) is 8. The van der Waals surface area contributed by atoms with Crippen LogP contribution < -0.4 is 0 Å². The van der Waals surface area contributed by atoms with Gasteiger partial charge in [0.25, 0.3) is 0 Å². The van der Waals surface area contributed by atoms with Crippen LogP contribution >= 0.6 is 0 Å². The van der Waals surface area contributed by atoms with E-state index in [0.29, 0.717) is 61.3 Å². The van der Waals surface area contributed by atoms with Gasteiger partial charge in [0.05, 0.1) is 97.2 Å². The molecule has 362 valence electrons. The number of halogens is 3. The average molecular weight is 1010 g/mol. The first-order valence-corrected chi connectivity index (χ1v) is 24.4.